The molecule has 3 aromatic carbocycles. The Morgan fingerprint density at radius 2 is 1.15 bits per heavy atom. The van der Waals surface area contributed by atoms with E-state index in [9.17, 15) is 4.79 Å². The third-order valence-electron chi connectivity index (χ3n) is 7.21. The molecule has 0 bridgehead atoms. The van der Waals surface area contributed by atoms with Crippen LogP contribution in [-0.4, -0.2) is 32.1 Å². The number of aryl methyl sites for hydroxylation is 2. The first-order chi connectivity index (χ1) is 16.4. The average Bonchev–Trinajstić information content (AvgIpc) is 3.14. The summed E-state index contributed by atoms with van der Waals surface area (Å²) in [5.41, 5.74) is 7.22. The summed E-state index contributed by atoms with van der Waals surface area (Å²) in [4.78, 5) is 17.8. The minimum atomic E-state index is -0.967. The minimum absolute atomic E-state index is 0.268. The Bertz CT molecular complexity index is 1130. The van der Waals surface area contributed by atoms with Gasteiger partial charge in [0, 0.05) is 54.2 Å². The van der Waals surface area contributed by atoms with Crippen LogP contribution < -0.4 is 9.80 Å². The van der Waals surface area contributed by atoms with Gasteiger partial charge in [-0.05, 0) is 83.0 Å². The van der Waals surface area contributed by atoms with E-state index in [1.165, 1.54) is 11.4 Å². The third kappa shape index (κ3) is 3.75. The van der Waals surface area contributed by atoms with Crippen molar-refractivity contribution in [1.82, 2.24) is 0 Å². The lowest BCUT2D eigenvalue weighted by Gasteiger charge is -2.34. The van der Waals surface area contributed by atoms with Gasteiger partial charge in [0.25, 0.3) is 0 Å². The van der Waals surface area contributed by atoms with Crippen LogP contribution in [0.4, 0.5) is 11.4 Å². The summed E-state index contributed by atoms with van der Waals surface area (Å²) in [6.07, 6.45) is 0. The summed E-state index contributed by atoms with van der Waals surface area (Å²) >= 11 is 0. The van der Waals surface area contributed by atoms with Gasteiger partial charge in [0.05, 0.1) is 5.56 Å². The molecule has 0 saturated carbocycles. The fourth-order valence-corrected chi connectivity index (χ4v) is 5.42. The van der Waals surface area contributed by atoms with Crippen molar-refractivity contribution < 1.29 is 9.53 Å². The molecule has 0 aliphatic carbocycles. The second kappa shape index (κ2) is 9.54. The van der Waals surface area contributed by atoms with E-state index in [0.717, 1.165) is 54.0 Å². The standard InChI is InChI=1S/C30H36N2O2/c1-7-31(8-2)23-15-17-26(21(5)19-23)30(28-14-12-11-13-25(28)29(33)34-30)27-18-16-24(20-22(27)6)32(9-3)10-4/h11-20H,7-10H2,1-6H3. The Morgan fingerprint density at radius 3 is 1.59 bits per heavy atom. The molecule has 178 valence electrons. The molecule has 0 aromatic heterocycles. The zero-order valence-electron chi connectivity index (χ0n) is 21.3. The highest BCUT2D eigenvalue weighted by Gasteiger charge is 2.49. The maximum Gasteiger partial charge on any atom is 0.340 e. The van der Waals surface area contributed by atoms with Crippen molar-refractivity contribution in [3.05, 3.63) is 94.0 Å². The fraction of sp³-hybridized carbons (Fsp3) is 0.367. The fourth-order valence-electron chi connectivity index (χ4n) is 5.42. The molecule has 0 unspecified atom stereocenters. The molecular formula is C30H36N2O2. The van der Waals surface area contributed by atoms with Crippen LogP contribution in [0.25, 0.3) is 0 Å². The molecule has 4 nitrogen and oxygen atoms in total. The maximum atomic E-state index is 13.1. The van der Waals surface area contributed by atoms with Crippen molar-refractivity contribution >= 4 is 17.3 Å². The van der Waals surface area contributed by atoms with Gasteiger partial charge in [-0.15, -0.1) is 0 Å². The minimum Gasteiger partial charge on any atom is -0.441 e. The Kier molecular flexibility index (Phi) is 6.70. The number of esters is 1. The molecule has 3 aromatic rings. The normalized spacial score (nSPS) is 14.0. The number of benzene rings is 3. The molecule has 1 heterocycles. The summed E-state index contributed by atoms with van der Waals surface area (Å²) in [6, 6.07) is 20.9. The summed E-state index contributed by atoms with van der Waals surface area (Å²) < 4.78 is 6.39. The van der Waals surface area contributed by atoms with Gasteiger partial charge in [0.15, 0.2) is 5.60 Å². The summed E-state index contributed by atoms with van der Waals surface area (Å²) in [6.45, 7) is 16.7. The second-order valence-corrected chi connectivity index (χ2v) is 8.96. The molecule has 0 amide bonds. The lowest BCUT2D eigenvalue weighted by Crippen LogP contribution is -2.32. The number of rotatable bonds is 8. The van der Waals surface area contributed by atoms with Crippen molar-refractivity contribution in [1.29, 1.82) is 0 Å². The number of cyclic esters (lactones) is 1. The van der Waals surface area contributed by atoms with E-state index < -0.39 is 5.60 Å². The molecule has 0 saturated heterocycles. The van der Waals surface area contributed by atoms with E-state index in [0.29, 0.717) is 5.56 Å². The first kappa shape index (κ1) is 23.9. The smallest absolute Gasteiger partial charge is 0.340 e. The van der Waals surface area contributed by atoms with Gasteiger partial charge in [0.2, 0.25) is 0 Å². The molecule has 0 radical (unpaired) electrons. The van der Waals surface area contributed by atoms with Gasteiger partial charge in [-0.2, -0.15) is 0 Å². The van der Waals surface area contributed by atoms with Crippen molar-refractivity contribution in [3.8, 4) is 0 Å². The average molecular weight is 457 g/mol. The van der Waals surface area contributed by atoms with Crippen LogP contribution in [-0.2, 0) is 10.3 Å². The first-order valence-electron chi connectivity index (χ1n) is 12.5. The second-order valence-electron chi connectivity index (χ2n) is 8.96. The van der Waals surface area contributed by atoms with Gasteiger partial charge in [-0.1, -0.05) is 30.3 Å². The van der Waals surface area contributed by atoms with Gasteiger partial charge in [0.1, 0.15) is 0 Å². The lowest BCUT2D eigenvalue weighted by molar-refractivity contribution is 0.0248. The summed E-state index contributed by atoms with van der Waals surface area (Å²) in [5.74, 6) is -0.268. The van der Waals surface area contributed by atoms with Crippen LogP contribution in [0.1, 0.15) is 65.9 Å². The zero-order valence-corrected chi connectivity index (χ0v) is 21.3. The molecule has 34 heavy (non-hydrogen) atoms. The highest BCUT2D eigenvalue weighted by atomic mass is 16.6. The number of nitrogens with zero attached hydrogens (tertiary/aromatic N) is 2. The van der Waals surface area contributed by atoms with Crippen molar-refractivity contribution in [2.75, 3.05) is 36.0 Å². The summed E-state index contributed by atoms with van der Waals surface area (Å²) in [7, 11) is 0. The topological polar surface area (TPSA) is 32.8 Å². The highest BCUT2D eigenvalue weighted by molar-refractivity contribution is 5.96. The quantitative estimate of drug-likeness (QED) is 0.364. The number of carbonyl (C=O) groups excluding carboxylic acids is 1. The monoisotopic (exact) mass is 456 g/mol. The van der Waals surface area contributed by atoms with Gasteiger partial charge < -0.3 is 14.5 Å². The van der Waals surface area contributed by atoms with Crippen molar-refractivity contribution in [2.45, 2.75) is 47.1 Å². The zero-order chi connectivity index (χ0) is 24.5. The molecule has 0 atom stereocenters. The SMILES string of the molecule is CCN(CC)c1ccc(C2(c3ccc(N(CC)CC)cc3C)OC(=O)c3ccccc32)c(C)c1. The van der Waals surface area contributed by atoms with Gasteiger partial charge in [-0.25, -0.2) is 4.79 Å². The predicted molar refractivity (Wildman–Crippen MR) is 141 cm³/mol. The number of hydrogen-bond acceptors (Lipinski definition) is 4. The van der Waals surface area contributed by atoms with E-state index >= 15 is 0 Å². The van der Waals surface area contributed by atoms with Gasteiger partial charge >= 0.3 is 5.97 Å². The Hall–Kier alpha value is -3.27. The highest BCUT2D eigenvalue weighted by Crippen LogP contribution is 2.49. The Morgan fingerprint density at radius 1 is 0.676 bits per heavy atom. The largest absolute Gasteiger partial charge is 0.441 e. The van der Waals surface area contributed by atoms with Crippen molar-refractivity contribution in [3.63, 3.8) is 0 Å². The number of ether oxygens (including phenoxy) is 1. The molecule has 0 fully saturated rings. The molecule has 1 aliphatic heterocycles. The number of hydrogen-bond donors (Lipinski definition) is 0. The lowest BCUT2D eigenvalue weighted by atomic mass is 9.76. The molecular weight excluding hydrogens is 420 g/mol. The molecule has 1 aliphatic rings. The summed E-state index contributed by atoms with van der Waals surface area (Å²) in [5, 5.41) is 0. The molecule has 4 rings (SSSR count). The third-order valence-corrected chi connectivity index (χ3v) is 7.21. The van der Waals surface area contributed by atoms with Crippen LogP contribution >= 0.6 is 0 Å². The number of fused-ring (bicyclic) bond motifs is 1. The Labute approximate surface area is 204 Å². The molecule has 0 N–H and O–H groups in total. The van der Waals surface area contributed by atoms with E-state index in [1.54, 1.807) is 0 Å². The number of anilines is 2. The van der Waals surface area contributed by atoms with E-state index in [1.807, 2.05) is 24.3 Å². The van der Waals surface area contributed by atoms with Crippen molar-refractivity contribution in [2.24, 2.45) is 0 Å². The van der Waals surface area contributed by atoms with Crippen LogP contribution in [0, 0.1) is 13.8 Å². The predicted octanol–water partition coefficient (Wildman–Crippen LogP) is 6.46. The maximum absolute atomic E-state index is 13.1. The molecule has 4 heteroatoms. The molecule has 0 spiro atoms. The van der Waals surface area contributed by atoms with E-state index in [2.05, 4.69) is 87.7 Å². The van der Waals surface area contributed by atoms with Crippen LogP contribution in [0.5, 0.6) is 0 Å². The first-order valence-corrected chi connectivity index (χ1v) is 12.5. The Balaban J connectivity index is 1.96. The van der Waals surface area contributed by atoms with E-state index in [-0.39, 0.29) is 5.97 Å². The number of carbonyl (C=O) groups is 1. The van der Waals surface area contributed by atoms with Gasteiger partial charge in [-0.3, -0.25) is 0 Å². The van der Waals surface area contributed by atoms with Crippen LogP contribution in [0.3, 0.4) is 0 Å². The van der Waals surface area contributed by atoms with Crippen LogP contribution in [0.15, 0.2) is 60.7 Å². The van der Waals surface area contributed by atoms with E-state index in [4.69, 9.17) is 4.74 Å². The van der Waals surface area contributed by atoms with Crippen LogP contribution in [0.2, 0.25) is 0 Å².